The van der Waals surface area contributed by atoms with E-state index in [-0.39, 0.29) is 47.0 Å². The molecule has 11 nitrogen and oxygen atoms in total. The van der Waals surface area contributed by atoms with Gasteiger partial charge in [-0.05, 0) is 67.8 Å². The van der Waals surface area contributed by atoms with Gasteiger partial charge in [0.05, 0.1) is 43.3 Å². The van der Waals surface area contributed by atoms with Crippen LogP contribution in [0.5, 0.6) is 0 Å². The van der Waals surface area contributed by atoms with Gasteiger partial charge in [-0.1, -0.05) is 0 Å². The Morgan fingerprint density at radius 1 is 0.968 bits per heavy atom. The molecule has 1 aromatic carbocycles. The SMILES string of the molecule is NC(=O)c1c(I)c(NC(=O)C(O)CCO)c(I)c(C(=O)N(CCO)CC(O)CO)c1I. The van der Waals surface area contributed by atoms with Crippen molar-refractivity contribution in [2.75, 3.05) is 38.2 Å². The molecule has 0 radical (unpaired) electrons. The molecule has 0 fully saturated rings. The Morgan fingerprint density at radius 3 is 2.03 bits per heavy atom. The van der Waals surface area contributed by atoms with Crippen molar-refractivity contribution in [3.8, 4) is 0 Å². The number of rotatable bonds is 11. The van der Waals surface area contributed by atoms with Gasteiger partial charge in [0.15, 0.2) is 0 Å². The summed E-state index contributed by atoms with van der Waals surface area (Å²) in [6, 6.07) is 0. The van der Waals surface area contributed by atoms with Crippen molar-refractivity contribution in [2.45, 2.75) is 18.6 Å². The highest BCUT2D eigenvalue weighted by Gasteiger charge is 2.31. The summed E-state index contributed by atoms with van der Waals surface area (Å²) in [4.78, 5) is 38.7. The largest absolute Gasteiger partial charge is 0.396 e. The molecule has 0 saturated heterocycles. The minimum atomic E-state index is -1.52. The molecule has 2 atom stereocenters. The van der Waals surface area contributed by atoms with Crippen LogP contribution in [0.1, 0.15) is 27.1 Å². The van der Waals surface area contributed by atoms with Gasteiger partial charge < -0.3 is 41.5 Å². The molecule has 1 aromatic rings. The molecule has 8 N–H and O–H groups in total. The number of benzene rings is 1. The quantitative estimate of drug-likeness (QED) is 0.140. The molecule has 14 heteroatoms. The summed E-state index contributed by atoms with van der Waals surface area (Å²) in [5.74, 6) is -2.36. The molecule has 0 aliphatic carbocycles. The minimum Gasteiger partial charge on any atom is -0.396 e. The van der Waals surface area contributed by atoms with Gasteiger partial charge in [0.2, 0.25) is 0 Å². The summed E-state index contributed by atoms with van der Waals surface area (Å²) in [6.07, 6.45) is -2.98. The first-order valence-electron chi connectivity index (χ1n) is 8.80. The van der Waals surface area contributed by atoms with Gasteiger partial charge in [-0.2, -0.15) is 0 Å². The number of aliphatic hydroxyl groups excluding tert-OH is 5. The van der Waals surface area contributed by atoms with Crippen LogP contribution in [0, 0.1) is 10.7 Å². The number of anilines is 1. The van der Waals surface area contributed by atoms with Gasteiger partial charge in [-0.15, -0.1) is 0 Å². The Balaban J connectivity index is 3.62. The fourth-order valence-corrected chi connectivity index (χ4v) is 6.93. The lowest BCUT2D eigenvalue weighted by Crippen LogP contribution is -2.41. The zero-order valence-corrected chi connectivity index (χ0v) is 22.5. The van der Waals surface area contributed by atoms with E-state index in [1.807, 2.05) is 0 Å². The standard InChI is InChI=1S/C17H22I3N3O8/c18-11-9(15(21)29)12(19)14(22-16(30)8(28)1-3-24)13(20)10(11)17(31)23(2-4-25)5-7(27)6-26/h7-8,24-28H,1-6H2,(H2,21,29)(H,22,30). The number of amides is 3. The van der Waals surface area contributed by atoms with Crippen LogP contribution >= 0.6 is 67.8 Å². The molecular formula is C17H22I3N3O8. The van der Waals surface area contributed by atoms with Gasteiger partial charge >= 0.3 is 0 Å². The molecule has 0 saturated carbocycles. The summed E-state index contributed by atoms with van der Waals surface area (Å²) in [5.41, 5.74) is 5.55. The van der Waals surface area contributed by atoms with E-state index in [4.69, 9.17) is 15.9 Å². The third-order valence-corrected chi connectivity index (χ3v) is 7.27. The number of carbonyl (C=O) groups is 3. The number of halogens is 3. The van der Waals surface area contributed by atoms with E-state index in [0.717, 1.165) is 4.90 Å². The van der Waals surface area contributed by atoms with E-state index in [2.05, 4.69) is 5.32 Å². The molecule has 0 aromatic heterocycles. The summed E-state index contributed by atoms with van der Waals surface area (Å²) in [5, 5.41) is 49.4. The summed E-state index contributed by atoms with van der Waals surface area (Å²) in [6.45, 7) is -1.88. The molecule has 0 aliphatic rings. The van der Waals surface area contributed by atoms with Crippen LogP contribution in [-0.2, 0) is 4.79 Å². The molecule has 174 valence electrons. The fraction of sp³-hybridized carbons (Fsp3) is 0.471. The number of hydrogen-bond acceptors (Lipinski definition) is 8. The second kappa shape index (κ2) is 13.4. The minimum absolute atomic E-state index is 0.000883. The maximum atomic E-state index is 13.3. The van der Waals surface area contributed by atoms with E-state index >= 15 is 0 Å². The molecule has 0 spiro atoms. The van der Waals surface area contributed by atoms with Gasteiger partial charge in [-0.25, -0.2) is 0 Å². The Bertz CT molecular complexity index is 840. The van der Waals surface area contributed by atoms with E-state index in [1.54, 1.807) is 67.8 Å². The molecule has 1 rings (SSSR count). The Morgan fingerprint density at radius 2 is 1.55 bits per heavy atom. The van der Waals surface area contributed by atoms with E-state index in [0.29, 0.717) is 0 Å². The van der Waals surface area contributed by atoms with Crippen LogP contribution in [0.3, 0.4) is 0 Å². The highest BCUT2D eigenvalue weighted by Crippen LogP contribution is 2.36. The lowest BCUT2D eigenvalue weighted by atomic mass is 10.1. The highest BCUT2D eigenvalue weighted by molar-refractivity contribution is 14.1. The monoisotopic (exact) mass is 777 g/mol. The first-order valence-corrected chi connectivity index (χ1v) is 12.0. The van der Waals surface area contributed by atoms with E-state index in [9.17, 15) is 29.7 Å². The van der Waals surface area contributed by atoms with Crippen molar-refractivity contribution in [3.63, 3.8) is 0 Å². The first kappa shape index (κ1) is 28.7. The third kappa shape index (κ3) is 7.30. The first-order chi connectivity index (χ1) is 14.5. The number of hydrogen-bond donors (Lipinski definition) is 7. The van der Waals surface area contributed by atoms with Crippen molar-refractivity contribution in [1.82, 2.24) is 4.90 Å². The van der Waals surface area contributed by atoms with Crippen LogP contribution in [0.2, 0.25) is 0 Å². The van der Waals surface area contributed by atoms with E-state index < -0.39 is 49.8 Å². The lowest BCUT2D eigenvalue weighted by molar-refractivity contribution is -0.124. The molecule has 2 unspecified atom stereocenters. The summed E-state index contributed by atoms with van der Waals surface area (Å²) < 4.78 is 0.704. The maximum absolute atomic E-state index is 13.3. The smallest absolute Gasteiger partial charge is 0.256 e. The average Bonchev–Trinajstić information content (AvgIpc) is 2.70. The maximum Gasteiger partial charge on any atom is 0.256 e. The van der Waals surface area contributed by atoms with Crippen LogP contribution in [0.15, 0.2) is 0 Å². The predicted molar refractivity (Wildman–Crippen MR) is 136 cm³/mol. The van der Waals surface area contributed by atoms with Crippen molar-refractivity contribution >= 4 is 91.2 Å². The average molecular weight is 777 g/mol. The molecule has 0 aliphatic heterocycles. The summed E-state index contributed by atoms with van der Waals surface area (Å²) in [7, 11) is 0. The Kier molecular flexibility index (Phi) is 12.3. The van der Waals surface area contributed by atoms with Crippen LogP contribution in [0.4, 0.5) is 5.69 Å². The number of aliphatic hydroxyl groups is 5. The Hall–Kier alpha value is -0.380. The van der Waals surface area contributed by atoms with Crippen LogP contribution in [-0.4, -0.2) is 93.3 Å². The highest BCUT2D eigenvalue weighted by atomic mass is 127. The number of nitrogens with two attached hydrogens (primary N) is 1. The Labute approximate surface area is 218 Å². The van der Waals surface area contributed by atoms with Crippen LogP contribution < -0.4 is 11.1 Å². The molecule has 3 amide bonds. The van der Waals surface area contributed by atoms with Crippen LogP contribution in [0.25, 0.3) is 0 Å². The second-order valence-corrected chi connectivity index (χ2v) is 9.50. The van der Waals surface area contributed by atoms with Crippen molar-refractivity contribution in [2.24, 2.45) is 5.73 Å². The van der Waals surface area contributed by atoms with Gasteiger partial charge in [0.1, 0.15) is 6.10 Å². The number of nitrogens with one attached hydrogen (secondary N) is 1. The fourth-order valence-electron chi connectivity index (χ4n) is 2.50. The second-order valence-electron chi connectivity index (χ2n) is 6.26. The number of primary amides is 1. The van der Waals surface area contributed by atoms with E-state index in [1.165, 1.54) is 0 Å². The molecule has 0 bridgehead atoms. The van der Waals surface area contributed by atoms with Crippen molar-refractivity contribution in [3.05, 3.63) is 21.8 Å². The topological polar surface area (TPSA) is 194 Å². The zero-order valence-electron chi connectivity index (χ0n) is 16.0. The van der Waals surface area contributed by atoms with Gasteiger partial charge in [-0.3, -0.25) is 14.4 Å². The molecule has 0 heterocycles. The zero-order chi connectivity index (χ0) is 23.9. The predicted octanol–water partition coefficient (Wildman–Crippen LogP) is -0.931. The van der Waals surface area contributed by atoms with Gasteiger partial charge in [0.25, 0.3) is 17.7 Å². The molecule has 31 heavy (non-hydrogen) atoms. The molecular weight excluding hydrogens is 755 g/mol. The van der Waals surface area contributed by atoms with Gasteiger partial charge in [0, 0.05) is 29.7 Å². The van der Waals surface area contributed by atoms with Crippen molar-refractivity contribution < 1.29 is 39.9 Å². The van der Waals surface area contributed by atoms with Crippen molar-refractivity contribution in [1.29, 1.82) is 0 Å². The number of nitrogens with zero attached hydrogens (tertiary/aromatic N) is 1. The lowest BCUT2D eigenvalue weighted by Gasteiger charge is -2.26. The summed E-state index contributed by atoms with van der Waals surface area (Å²) >= 11 is 5.37. The third-order valence-electron chi connectivity index (χ3n) is 4.03. The number of carbonyl (C=O) groups excluding carboxylic acids is 3. The normalized spacial score (nSPS) is 12.9.